The Morgan fingerprint density at radius 3 is 2.93 bits per heavy atom. The van der Waals surface area contributed by atoms with Gasteiger partial charge in [0, 0.05) is 18.0 Å². The maximum Gasteiger partial charge on any atom is 0.407 e. The van der Waals surface area contributed by atoms with Crippen molar-refractivity contribution in [2.75, 3.05) is 36.0 Å². The number of carbonyl (C=O) groups excluding carboxylic acids is 1. The summed E-state index contributed by atoms with van der Waals surface area (Å²) < 4.78 is 20.2. The van der Waals surface area contributed by atoms with Gasteiger partial charge in [-0.15, -0.1) is 0 Å². The number of halogens is 1. The molecular weight excluding hydrogens is 367 g/mol. The predicted octanol–water partition coefficient (Wildman–Crippen LogP) is 1.86. The maximum absolute atomic E-state index is 14.5. The Morgan fingerprint density at radius 1 is 1.36 bits per heavy atom. The number of para-hydroxylation sites is 1. The number of carbonyl (C=O) groups is 1. The molecule has 0 bridgehead atoms. The number of pyridine rings is 1. The molecule has 9 heteroatoms. The third-order valence-electron chi connectivity index (χ3n) is 5.69. The number of amides is 1. The summed E-state index contributed by atoms with van der Waals surface area (Å²) in [5, 5.41) is 10.2. The van der Waals surface area contributed by atoms with Gasteiger partial charge in [-0.05, 0) is 13.0 Å². The number of rotatable bonds is 0. The molecule has 1 N–H and O–H groups in total. The lowest BCUT2D eigenvalue weighted by molar-refractivity contribution is 0.115. The van der Waals surface area contributed by atoms with E-state index in [-0.39, 0.29) is 30.6 Å². The molecule has 2 atom stereocenters. The van der Waals surface area contributed by atoms with Gasteiger partial charge >= 0.3 is 6.09 Å². The summed E-state index contributed by atoms with van der Waals surface area (Å²) in [5.41, 5.74) is 1.89. The second-order valence-electron chi connectivity index (χ2n) is 7.19. The number of piperazine rings is 1. The highest BCUT2D eigenvalue weighted by Crippen LogP contribution is 2.50. The van der Waals surface area contributed by atoms with Gasteiger partial charge in [-0.3, -0.25) is 0 Å². The van der Waals surface area contributed by atoms with Crippen LogP contribution in [0.4, 0.5) is 20.6 Å². The monoisotopic (exact) mass is 384 g/mol. The molecule has 0 radical (unpaired) electrons. The van der Waals surface area contributed by atoms with E-state index >= 15 is 0 Å². The van der Waals surface area contributed by atoms with E-state index in [4.69, 9.17) is 4.74 Å². The van der Waals surface area contributed by atoms with Crippen molar-refractivity contribution < 1.29 is 23.8 Å². The molecule has 0 spiro atoms. The summed E-state index contributed by atoms with van der Waals surface area (Å²) in [4.78, 5) is 33.0. The zero-order valence-corrected chi connectivity index (χ0v) is 15.1. The summed E-state index contributed by atoms with van der Waals surface area (Å²) in [6.07, 6.45) is -1.03. The van der Waals surface area contributed by atoms with Crippen LogP contribution in [0.1, 0.15) is 6.92 Å². The third kappa shape index (κ3) is 2.13. The Balaban J connectivity index is 1.81. The Bertz CT molecular complexity index is 1070. The topological polar surface area (TPSA) is 86.2 Å². The molecule has 2 aromatic rings. The number of anilines is 2. The molecule has 0 aliphatic carbocycles. The van der Waals surface area contributed by atoms with Crippen LogP contribution in [-0.2, 0) is 4.79 Å². The number of hydrogen-bond acceptors (Lipinski definition) is 6. The SMILES string of the molecule is CC1CN2c3c4c(nc5c(F)cccc35)OCCN4C(=C=O)C2CN1C(=O)O. The number of ether oxygens (including phenoxy) is 1. The Hall–Kier alpha value is -3.32. The number of carboxylic acid groups (broad SMARTS) is 1. The Labute approximate surface area is 159 Å². The summed E-state index contributed by atoms with van der Waals surface area (Å²) in [6.45, 7) is 3.01. The van der Waals surface area contributed by atoms with Crippen LogP contribution in [0.2, 0.25) is 0 Å². The van der Waals surface area contributed by atoms with Crippen molar-refractivity contribution in [3.63, 3.8) is 0 Å². The van der Waals surface area contributed by atoms with E-state index in [0.29, 0.717) is 29.9 Å². The van der Waals surface area contributed by atoms with Crippen molar-refractivity contribution in [2.45, 2.75) is 19.0 Å². The molecular formula is C19H17FN4O4. The van der Waals surface area contributed by atoms with Gasteiger partial charge in [-0.1, -0.05) is 12.1 Å². The average Bonchev–Trinajstić information content (AvgIpc) is 2.68. The van der Waals surface area contributed by atoms with Gasteiger partial charge < -0.3 is 24.5 Å². The molecule has 3 aliphatic heterocycles. The van der Waals surface area contributed by atoms with Crippen LogP contribution < -0.4 is 14.5 Å². The predicted molar refractivity (Wildman–Crippen MR) is 99.1 cm³/mol. The smallest absolute Gasteiger partial charge is 0.407 e. The van der Waals surface area contributed by atoms with Crippen LogP contribution in [0.3, 0.4) is 0 Å². The maximum atomic E-state index is 14.5. The summed E-state index contributed by atoms with van der Waals surface area (Å²) in [7, 11) is 0. The molecule has 1 aromatic heterocycles. The first-order valence-corrected chi connectivity index (χ1v) is 9.05. The average molecular weight is 384 g/mol. The molecule has 2 unspecified atom stereocenters. The van der Waals surface area contributed by atoms with Gasteiger partial charge in [0.25, 0.3) is 0 Å². The highest BCUT2D eigenvalue weighted by molar-refractivity contribution is 6.04. The largest absolute Gasteiger partial charge is 0.474 e. The molecule has 5 rings (SSSR count). The van der Waals surface area contributed by atoms with Crippen LogP contribution in [0.15, 0.2) is 23.9 Å². The number of nitrogens with zero attached hydrogens (tertiary/aromatic N) is 4. The fourth-order valence-corrected chi connectivity index (χ4v) is 4.45. The molecule has 144 valence electrons. The minimum atomic E-state index is -1.03. The minimum Gasteiger partial charge on any atom is -0.474 e. The molecule has 4 heterocycles. The summed E-state index contributed by atoms with van der Waals surface area (Å²) in [6, 6.07) is 3.95. The molecule has 1 amide bonds. The van der Waals surface area contributed by atoms with Crippen LogP contribution in [-0.4, -0.2) is 65.3 Å². The van der Waals surface area contributed by atoms with Crippen molar-refractivity contribution in [1.82, 2.24) is 9.88 Å². The second kappa shape index (κ2) is 5.84. The quantitative estimate of drug-likeness (QED) is 0.694. The third-order valence-corrected chi connectivity index (χ3v) is 5.69. The van der Waals surface area contributed by atoms with Crippen LogP contribution in [0.5, 0.6) is 5.88 Å². The zero-order chi connectivity index (χ0) is 19.6. The molecule has 8 nitrogen and oxygen atoms in total. The summed E-state index contributed by atoms with van der Waals surface area (Å²) >= 11 is 0. The minimum absolute atomic E-state index is 0.131. The molecule has 1 fully saturated rings. The van der Waals surface area contributed by atoms with Gasteiger partial charge in [-0.2, -0.15) is 0 Å². The van der Waals surface area contributed by atoms with Crippen molar-refractivity contribution in [3.8, 4) is 5.88 Å². The number of benzene rings is 1. The van der Waals surface area contributed by atoms with Crippen LogP contribution in [0, 0.1) is 5.82 Å². The number of fused-ring (bicyclic) bond motifs is 4. The lowest BCUT2D eigenvalue weighted by atomic mass is 9.96. The first-order valence-electron chi connectivity index (χ1n) is 9.05. The van der Waals surface area contributed by atoms with Crippen LogP contribution >= 0.6 is 0 Å². The summed E-state index contributed by atoms with van der Waals surface area (Å²) in [5.74, 6) is 1.83. The van der Waals surface area contributed by atoms with Gasteiger partial charge in [0.05, 0.1) is 24.8 Å². The highest BCUT2D eigenvalue weighted by atomic mass is 19.1. The first-order chi connectivity index (χ1) is 13.5. The van der Waals surface area contributed by atoms with E-state index in [1.807, 2.05) is 17.8 Å². The molecule has 28 heavy (non-hydrogen) atoms. The van der Waals surface area contributed by atoms with Gasteiger partial charge in [0.2, 0.25) is 5.88 Å². The number of hydrogen-bond donors (Lipinski definition) is 1. The normalized spacial score (nSPS) is 23.1. The number of aromatic nitrogens is 1. The molecule has 0 saturated carbocycles. The fourth-order valence-electron chi connectivity index (χ4n) is 4.45. The Morgan fingerprint density at radius 2 is 2.18 bits per heavy atom. The van der Waals surface area contributed by atoms with E-state index in [2.05, 4.69) is 4.98 Å². The lowest BCUT2D eigenvalue weighted by Crippen LogP contribution is -2.63. The zero-order valence-electron chi connectivity index (χ0n) is 15.1. The van der Waals surface area contributed by atoms with E-state index in [1.165, 1.54) is 11.0 Å². The van der Waals surface area contributed by atoms with Crippen molar-refractivity contribution in [1.29, 1.82) is 0 Å². The van der Waals surface area contributed by atoms with E-state index < -0.39 is 18.0 Å². The van der Waals surface area contributed by atoms with Gasteiger partial charge in [0.15, 0.2) is 0 Å². The molecule has 1 aromatic carbocycles. The van der Waals surface area contributed by atoms with Gasteiger partial charge in [0.1, 0.15) is 35.3 Å². The van der Waals surface area contributed by atoms with Crippen LogP contribution in [0.25, 0.3) is 10.9 Å². The van der Waals surface area contributed by atoms with E-state index in [9.17, 15) is 19.1 Å². The molecule has 3 aliphatic rings. The standard InChI is InChI=1S/C19H17FN4O4/c1-10-7-24-13(8-23(10)19(26)27)14(9-25)22-5-6-28-18-17(22)16(24)11-3-2-4-12(20)15(11)21-18/h2-4,10,13H,5-8H2,1H3,(H,26,27). The van der Waals surface area contributed by atoms with Gasteiger partial charge in [-0.25, -0.2) is 19.0 Å². The Kier molecular flexibility index (Phi) is 3.51. The fraction of sp³-hybridized carbons (Fsp3) is 0.368. The van der Waals surface area contributed by atoms with Crippen molar-refractivity contribution in [2.24, 2.45) is 0 Å². The van der Waals surface area contributed by atoms with E-state index in [0.717, 1.165) is 5.69 Å². The van der Waals surface area contributed by atoms with Crippen molar-refractivity contribution >= 4 is 34.3 Å². The molecule has 1 saturated heterocycles. The van der Waals surface area contributed by atoms with E-state index in [1.54, 1.807) is 17.0 Å². The lowest BCUT2D eigenvalue weighted by Gasteiger charge is -2.52. The second-order valence-corrected chi connectivity index (χ2v) is 7.19. The highest BCUT2D eigenvalue weighted by Gasteiger charge is 2.46. The first kappa shape index (κ1) is 16.8. The van der Waals surface area contributed by atoms with Crippen molar-refractivity contribution in [3.05, 3.63) is 29.7 Å².